The third-order valence-corrected chi connectivity index (χ3v) is 4.30. The number of nitrogens with zero attached hydrogens (tertiary/aromatic N) is 2. The Morgan fingerprint density at radius 3 is 2.65 bits per heavy atom. The maximum Gasteiger partial charge on any atom is 0.227 e. The monoisotopic (exact) mass is 311 g/mol. The quantitative estimate of drug-likeness (QED) is 0.910. The molecule has 120 valence electrons. The van der Waals surface area contributed by atoms with Crippen molar-refractivity contribution in [2.75, 3.05) is 23.3 Å². The van der Waals surface area contributed by atoms with Crippen molar-refractivity contribution in [1.29, 1.82) is 0 Å². The van der Waals surface area contributed by atoms with Gasteiger partial charge >= 0.3 is 0 Å². The number of aromatic nitrogens is 1. The van der Waals surface area contributed by atoms with Crippen molar-refractivity contribution >= 4 is 17.3 Å². The lowest BCUT2D eigenvalue weighted by molar-refractivity contribution is -0.120. The van der Waals surface area contributed by atoms with Crippen LogP contribution < -0.4 is 10.2 Å². The summed E-state index contributed by atoms with van der Waals surface area (Å²) in [6.45, 7) is 1.60. The molecule has 2 aromatic rings. The van der Waals surface area contributed by atoms with Gasteiger partial charge in [0.25, 0.3) is 0 Å². The van der Waals surface area contributed by atoms with Crippen LogP contribution >= 0.6 is 0 Å². The van der Waals surface area contributed by atoms with E-state index in [1.54, 1.807) is 12.4 Å². The fourth-order valence-corrected chi connectivity index (χ4v) is 3.00. The average molecular weight is 311 g/mol. The lowest BCUT2D eigenvalue weighted by atomic mass is 9.95. The number of hydrogen-bond donors (Lipinski definition) is 2. The first kappa shape index (κ1) is 15.5. The number of nitrogens with one attached hydrogen (secondary N) is 1. The summed E-state index contributed by atoms with van der Waals surface area (Å²) in [4.78, 5) is 18.6. The number of pyridine rings is 1. The first-order valence-corrected chi connectivity index (χ1v) is 7.92. The highest BCUT2D eigenvalue weighted by Gasteiger charge is 2.26. The molecule has 0 spiro atoms. The largest absolute Gasteiger partial charge is 0.392 e. The van der Waals surface area contributed by atoms with Crippen LogP contribution in [0, 0.1) is 5.92 Å². The van der Waals surface area contributed by atoms with E-state index >= 15 is 0 Å². The van der Waals surface area contributed by atoms with Gasteiger partial charge in [0.2, 0.25) is 5.91 Å². The standard InChI is InChI=1S/C18H21N3O2/c22-13-15-12-19-9-6-17(15)21-10-7-14(8-11-21)18(23)20-16-4-2-1-3-5-16/h1-6,9,12,14,22H,7-8,10-11,13H2,(H,20,23). The number of carbonyl (C=O) groups is 1. The van der Waals surface area contributed by atoms with Crippen molar-refractivity contribution in [1.82, 2.24) is 4.98 Å². The van der Waals surface area contributed by atoms with E-state index in [2.05, 4.69) is 15.2 Å². The fraction of sp³-hybridized carbons (Fsp3) is 0.333. The Kier molecular flexibility index (Phi) is 4.88. The Morgan fingerprint density at radius 2 is 1.96 bits per heavy atom. The van der Waals surface area contributed by atoms with Crippen LogP contribution in [0.3, 0.4) is 0 Å². The van der Waals surface area contributed by atoms with Gasteiger partial charge < -0.3 is 15.3 Å². The van der Waals surface area contributed by atoms with Gasteiger partial charge in [0.15, 0.2) is 0 Å². The summed E-state index contributed by atoms with van der Waals surface area (Å²) in [6, 6.07) is 11.5. The van der Waals surface area contributed by atoms with Crippen LogP contribution in [-0.4, -0.2) is 29.1 Å². The van der Waals surface area contributed by atoms with E-state index in [1.165, 1.54) is 0 Å². The van der Waals surface area contributed by atoms with Crippen LogP contribution in [-0.2, 0) is 11.4 Å². The van der Waals surface area contributed by atoms with Crippen molar-refractivity contribution in [2.24, 2.45) is 5.92 Å². The highest BCUT2D eigenvalue weighted by molar-refractivity contribution is 5.92. The molecule has 0 saturated carbocycles. The fourth-order valence-electron chi connectivity index (χ4n) is 3.00. The number of para-hydroxylation sites is 1. The van der Waals surface area contributed by atoms with Crippen molar-refractivity contribution in [2.45, 2.75) is 19.4 Å². The minimum Gasteiger partial charge on any atom is -0.392 e. The molecule has 2 N–H and O–H groups in total. The molecule has 1 aromatic carbocycles. The maximum absolute atomic E-state index is 12.4. The molecule has 2 heterocycles. The molecule has 0 atom stereocenters. The highest BCUT2D eigenvalue weighted by Crippen LogP contribution is 2.26. The summed E-state index contributed by atoms with van der Waals surface area (Å²) < 4.78 is 0. The highest BCUT2D eigenvalue weighted by atomic mass is 16.3. The van der Waals surface area contributed by atoms with E-state index in [0.29, 0.717) is 0 Å². The van der Waals surface area contributed by atoms with E-state index in [0.717, 1.165) is 42.9 Å². The van der Waals surface area contributed by atoms with E-state index < -0.39 is 0 Å². The van der Waals surface area contributed by atoms with E-state index in [4.69, 9.17) is 0 Å². The first-order chi connectivity index (χ1) is 11.3. The molecule has 1 aliphatic heterocycles. The first-order valence-electron chi connectivity index (χ1n) is 7.92. The van der Waals surface area contributed by atoms with Crippen LogP contribution in [0.5, 0.6) is 0 Å². The second kappa shape index (κ2) is 7.24. The molecule has 1 saturated heterocycles. The van der Waals surface area contributed by atoms with Gasteiger partial charge in [-0.15, -0.1) is 0 Å². The molecule has 1 fully saturated rings. The number of anilines is 2. The third-order valence-electron chi connectivity index (χ3n) is 4.30. The second-order valence-electron chi connectivity index (χ2n) is 5.78. The van der Waals surface area contributed by atoms with Crippen LogP contribution in [0.15, 0.2) is 48.8 Å². The zero-order valence-electron chi connectivity index (χ0n) is 13.0. The van der Waals surface area contributed by atoms with Gasteiger partial charge in [0.05, 0.1) is 6.61 Å². The Balaban J connectivity index is 1.59. The van der Waals surface area contributed by atoms with Crippen LogP contribution in [0.2, 0.25) is 0 Å². The van der Waals surface area contributed by atoms with E-state index in [9.17, 15) is 9.90 Å². The van der Waals surface area contributed by atoms with Crippen molar-refractivity contribution < 1.29 is 9.90 Å². The third kappa shape index (κ3) is 3.68. The number of rotatable bonds is 4. The predicted octanol–water partition coefficient (Wildman–Crippen LogP) is 2.43. The maximum atomic E-state index is 12.4. The minimum atomic E-state index is -0.0163. The molecule has 0 bridgehead atoms. The molecular weight excluding hydrogens is 290 g/mol. The molecule has 23 heavy (non-hydrogen) atoms. The van der Waals surface area contributed by atoms with Crippen LogP contribution in [0.4, 0.5) is 11.4 Å². The zero-order valence-corrected chi connectivity index (χ0v) is 13.0. The molecule has 1 amide bonds. The van der Waals surface area contributed by atoms with Crippen LogP contribution in [0.1, 0.15) is 18.4 Å². The predicted molar refractivity (Wildman–Crippen MR) is 90.2 cm³/mol. The lowest BCUT2D eigenvalue weighted by Gasteiger charge is -2.33. The van der Waals surface area contributed by atoms with Crippen LogP contribution in [0.25, 0.3) is 0 Å². The average Bonchev–Trinajstić information content (AvgIpc) is 2.62. The summed E-state index contributed by atoms with van der Waals surface area (Å²) in [6.07, 6.45) is 5.06. The smallest absolute Gasteiger partial charge is 0.227 e. The van der Waals surface area contributed by atoms with Gasteiger partial charge in [-0.3, -0.25) is 9.78 Å². The number of piperidine rings is 1. The Hall–Kier alpha value is -2.40. The summed E-state index contributed by atoms with van der Waals surface area (Å²) in [5.41, 5.74) is 2.70. The topological polar surface area (TPSA) is 65.5 Å². The summed E-state index contributed by atoms with van der Waals surface area (Å²) in [5.74, 6) is 0.124. The summed E-state index contributed by atoms with van der Waals surface area (Å²) in [7, 11) is 0. The van der Waals surface area contributed by atoms with Crippen molar-refractivity contribution in [3.8, 4) is 0 Å². The Bertz CT molecular complexity index is 652. The van der Waals surface area contributed by atoms with E-state index in [-0.39, 0.29) is 18.4 Å². The van der Waals surface area contributed by atoms with E-state index in [1.807, 2.05) is 36.4 Å². The molecule has 3 rings (SSSR count). The molecule has 1 aromatic heterocycles. The van der Waals surface area contributed by atoms with Gasteiger partial charge in [-0.25, -0.2) is 0 Å². The van der Waals surface area contributed by atoms with Gasteiger partial charge in [-0.1, -0.05) is 18.2 Å². The Labute approximate surface area is 136 Å². The molecular formula is C18H21N3O2. The Morgan fingerprint density at radius 1 is 1.22 bits per heavy atom. The molecule has 5 heteroatoms. The van der Waals surface area contributed by atoms with Gasteiger partial charge in [-0.05, 0) is 31.0 Å². The number of aliphatic hydroxyl groups excluding tert-OH is 1. The van der Waals surface area contributed by atoms with Gasteiger partial charge in [0, 0.05) is 48.3 Å². The molecule has 0 unspecified atom stereocenters. The SMILES string of the molecule is O=C(Nc1ccccc1)C1CCN(c2ccncc2CO)CC1. The molecule has 0 aliphatic carbocycles. The lowest BCUT2D eigenvalue weighted by Crippen LogP contribution is -2.38. The van der Waals surface area contributed by atoms with Gasteiger partial charge in [0.1, 0.15) is 0 Å². The normalized spacial score (nSPS) is 15.4. The van der Waals surface area contributed by atoms with Crippen molar-refractivity contribution in [3.63, 3.8) is 0 Å². The number of aliphatic hydroxyl groups is 1. The number of carbonyl (C=O) groups excluding carboxylic acids is 1. The number of amides is 1. The van der Waals surface area contributed by atoms with Gasteiger partial charge in [-0.2, -0.15) is 0 Å². The van der Waals surface area contributed by atoms with Crippen molar-refractivity contribution in [3.05, 3.63) is 54.4 Å². The summed E-state index contributed by atoms with van der Waals surface area (Å²) >= 11 is 0. The summed E-state index contributed by atoms with van der Waals surface area (Å²) in [5, 5.41) is 12.4. The number of hydrogen-bond acceptors (Lipinski definition) is 4. The second-order valence-corrected chi connectivity index (χ2v) is 5.78. The molecule has 5 nitrogen and oxygen atoms in total. The number of benzene rings is 1. The molecule has 1 aliphatic rings. The minimum absolute atomic E-state index is 0.0163. The molecule has 0 radical (unpaired) electrons. The zero-order chi connectivity index (χ0) is 16.1.